The van der Waals surface area contributed by atoms with Crippen LogP contribution in [0.5, 0.6) is 0 Å². The lowest BCUT2D eigenvalue weighted by atomic mass is 10.0. The molecule has 2 atom stereocenters. The molecule has 0 aliphatic carbocycles. The van der Waals surface area contributed by atoms with Gasteiger partial charge < -0.3 is 15.4 Å². The summed E-state index contributed by atoms with van der Waals surface area (Å²) in [6, 6.07) is 2.11. The van der Waals surface area contributed by atoms with Gasteiger partial charge in [0.25, 0.3) is 0 Å². The molecular weight excluding hydrogens is 256 g/mol. The van der Waals surface area contributed by atoms with E-state index in [1.807, 2.05) is 19.3 Å². The number of amides is 1. The van der Waals surface area contributed by atoms with Crippen molar-refractivity contribution >= 4 is 5.91 Å². The van der Waals surface area contributed by atoms with Gasteiger partial charge in [-0.2, -0.15) is 5.10 Å². The van der Waals surface area contributed by atoms with Crippen LogP contribution in [-0.4, -0.2) is 48.0 Å². The Bertz CT molecular complexity index is 433. The fourth-order valence-electron chi connectivity index (χ4n) is 2.38. The first-order valence-electron chi connectivity index (χ1n) is 7.28. The first-order chi connectivity index (χ1) is 9.70. The summed E-state index contributed by atoms with van der Waals surface area (Å²) in [7, 11) is 1.89. The average molecular weight is 280 g/mol. The Labute approximate surface area is 119 Å². The first-order valence-corrected chi connectivity index (χ1v) is 7.28. The molecule has 0 spiro atoms. The third-order valence-electron chi connectivity index (χ3n) is 3.52. The van der Waals surface area contributed by atoms with Gasteiger partial charge in [-0.05, 0) is 19.0 Å². The van der Waals surface area contributed by atoms with Crippen molar-refractivity contribution in [3.8, 4) is 0 Å². The molecule has 2 N–H and O–H groups in total. The molecular formula is C14H24N4O2. The second-order valence-corrected chi connectivity index (χ2v) is 5.23. The van der Waals surface area contributed by atoms with E-state index in [1.165, 1.54) is 0 Å². The third-order valence-corrected chi connectivity index (χ3v) is 3.52. The van der Waals surface area contributed by atoms with Gasteiger partial charge in [-0.1, -0.05) is 6.92 Å². The summed E-state index contributed by atoms with van der Waals surface area (Å²) in [5.74, 6) is -0.00248. The molecule has 20 heavy (non-hydrogen) atoms. The smallest absolute Gasteiger partial charge is 0.227 e. The van der Waals surface area contributed by atoms with Gasteiger partial charge >= 0.3 is 0 Å². The monoisotopic (exact) mass is 280 g/mol. The summed E-state index contributed by atoms with van der Waals surface area (Å²) in [6.07, 6.45) is 3.73. The molecule has 0 radical (unpaired) electrons. The predicted octanol–water partition coefficient (Wildman–Crippen LogP) is 0.0934. The molecule has 0 aromatic carbocycles. The van der Waals surface area contributed by atoms with E-state index in [2.05, 4.69) is 22.7 Å². The zero-order valence-corrected chi connectivity index (χ0v) is 12.3. The second-order valence-electron chi connectivity index (χ2n) is 5.23. The molecule has 0 saturated carbocycles. The third kappa shape index (κ3) is 4.05. The quantitative estimate of drug-likeness (QED) is 0.743. The van der Waals surface area contributed by atoms with Crippen molar-refractivity contribution in [1.29, 1.82) is 0 Å². The van der Waals surface area contributed by atoms with Crippen molar-refractivity contribution in [3.05, 3.63) is 18.0 Å². The van der Waals surface area contributed by atoms with Crippen LogP contribution in [0.25, 0.3) is 0 Å². The maximum Gasteiger partial charge on any atom is 0.227 e. The van der Waals surface area contributed by atoms with Crippen molar-refractivity contribution in [2.75, 3.05) is 26.3 Å². The molecule has 1 aliphatic rings. The van der Waals surface area contributed by atoms with Crippen LogP contribution in [-0.2, 0) is 23.0 Å². The maximum absolute atomic E-state index is 12.2. The predicted molar refractivity (Wildman–Crippen MR) is 76.3 cm³/mol. The highest BCUT2D eigenvalue weighted by Gasteiger charge is 2.33. The fourth-order valence-corrected chi connectivity index (χ4v) is 2.38. The van der Waals surface area contributed by atoms with Crippen LogP contribution in [0, 0.1) is 5.92 Å². The van der Waals surface area contributed by atoms with Gasteiger partial charge in [0.15, 0.2) is 0 Å². The highest BCUT2D eigenvalue weighted by molar-refractivity contribution is 5.79. The van der Waals surface area contributed by atoms with Gasteiger partial charge in [0, 0.05) is 32.3 Å². The van der Waals surface area contributed by atoms with E-state index in [9.17, 15) is 4.79 Å². The van der Waals surface area contributed by atoms with Crippen molar-refractivity contribution in [3.63, 3.8) is 0 Å². The Morgan fingerprint density at radius 3 is 3.05 bits per heavy atom. The van der Waals surface area contributed by atoms with Crippen LogP contribution in [0.2, 0.25) is 0 Å². The lowest BCUT2D eigenvalue weighted by Gasteiger charge is -2.18. The van der Waals surface area contributed by atoms with Crippen LogP contribution in [0.1, 0.15) is 19.0 Å². The summed E-state index contributed by atoms with van der Waals surface area (Å²) in [5, 5.41) is 10.6. The minimum Gasteiger partial charge on any atom is -0.379 e. The molecule has 2 rings (SSSR count). The zero-order chi connectivity index (χ0) is 14.4. The van der Waals surface area contributed by atoms with Gasteiger partial charge in [0.1, 0.15) is 0 Å². The molecule has 6 nitrogen and oxygen atoms in total. The minimum absolute atomic E-state index is 0.0760. The molecule has 1 saturated heterocycles. The minimum atomic E-state index is -0.0784. The van der Waals surface area contributed by atoms with Gasteiger partial charge in [-0.15, -0.1) is 0 Å². The van der Waals surface area contributed by atoms with E-state index in [0.717, 1.165) is 25.1 Å². The van der Waals surface area contributed by atoms with E-state index < -0.39 is 0 Å². The standard InChI is InChI=1S/C14H24N4O2/c1-3-6-15-13-10-20-9-12(13)14(19)16-7-4-11-5-8-18(2)17-11/h5,8,12-13,15H,3-4,6-7,9-10H2,1-2H3,(H,16,19). The Morgan fingerprint density at radius 2 is 2.35 bits per heavy atom. The number of ether oxygens (including phenoxy) is 1. The first kappa shape index (κ1) is 15.0. The summed E-state index contributed by atoms with van der Waals surface area (Å²) in [6.45, 7) is 4.79. The number of aromatic nitrogens is 2. The Balaban J connectivity index is 1.73. The number of nitrogens with zero attached hydrogens (tertiary/aromatic N) is 2. The van der Waals surface area contributed by atoms with E-state index in [4.69, 9.17) is 4.74 Å². The molecule has 0 bridgehead atoms. The van der Waals surface area contributed by atoms with Crippen LogP contribution < -0.4 is 10.6 Å². The topological polar surface area (TPSA) is 68.2 Å². The largest absolute Gasteiger partial charge is 0.379 e. The molecule has 1 aromatic heterocycles. The summed E-state index contributed by atoms with van der Waals surface area (Å²) in [4.78, 5) is 12.2. The van der Waals surface area contributed by atoms with E-state index in [1.54, 1.807) is 4.68 Å². The van der Waals surface area contributed by atoms with Gasteiger partial charge in [0.05, 0.1) is 24.8 Å². The highest BCUT2D eigenvalue weighted by Crippen LogP contribution is 2.13. The average Bonchev–Trinajstić information content (AvgIpc) is 3.05. The van der Waals surface area contributed by atoms with Crippen LogP contribution in [0.15, 0.2) is 12.3 Å². The van der Waals surface area contributed by atoms with E-state index in [0.29, 0.717) is 19.8 Å². The highest BCUT2D eigenvalue weighted by atomic mass is 16.5. The van der Waals surface area contributed by atoms with Crippen LogP contribution in [0.3, 0.4) is 0 Å². The Morgan fingerprint density at radius 1 is 1.50 bits per heavy atom. The van der Waals surface area contributed by atoms with Crippen LogP contribution >= 0.6 is 0 Å². The zero-order valence-electron chi connectivity index (χ0n) is 12.3. The number of hydrogen-bond acceptors (Lipinski definition) is 4. The Hall–Kier alpha value is -1.40. The van der Waals surface area contributed by atoms with Gasteiger partial charge in [-0.25, -0.2) is 0 Å². The molecule has 112 valence electrons. The Kier molecular flexibility index (Phi) is 5.55. The second kappa shape index (κ2) is 7.40. The summed E-state index contributed by atoms with van der Waals surface area (Å²) >= 11 is 0. The number of carbonyl (C=O) groups excluding carboxylic acids is 1. The maximum atomic E-state index is 12.2. The molecule has 2 unspecified atom stereocenters. The number of aryl methyl sites for hydroxylation is 1. The van der Waals surface area contributed by atoms with Crippen molar-refractivity contribution in [2.24, 2.45) is 13.0 Å². The van der Waals surface area contributed by atoms with E-state index >= 15 is 0 Å². The number of carbonyl (C=O) groups is 1. The van der Waals surface area contributed by atoms with Gasteiger partial charge in [0.2, 0.25) is 5.91 Å². The van der Waals surface area contributed by atoms with Crippen molar-refractivity contribution < 1.29 is 9.53 Å². The lowest BCUT2D eigenvalue weighted by Crippen LogP contribution is -2.44. The fraction of sp³-hybridized carbons (Fsp3) is 0.714. The van der Waals surface area contributed by atoms with Crippen molar-refractivity contribution in [2.45, 2.75) is 25.8 Å². The molecule has 1 amide bonds. The number of hydrogen-bond donors (Lipinski definition) is 2. The molecule has 2 heterocycles. The number of rotatable bonds is 7. The van der Waals surface area contributed by atoms with Gasteiger partial charge in [-0.3, -0.25) is 9.48 Å². The SMILES string of the molecule is CCCNC1COCC1C(=O)NCCc1ccn(C)n1. The summed E-state index contributed by atoms with van der Waals surface area (Å²) in [5.41, 5.74) is 0.996. The van der Waals surface area contributed by atoms with Crippen LogP contribution in [0.4, 0.5) is 0 Å². The molecule has 1 aliphatic heterocycles. The molecule has 1 aromatic rings. The molecule has 6 heteroatoms. The van der Waals surface area contributed by atoms with Crippen molar-refractivity contribution in [1.82, 2.24) is 20.4 Å². The lowest BCUT2D eigenvalue weighted by molar-refractivity contribution is -0.125. The molecule has 1 fully saturated rings. The number of nitrogens with one attached hydrogen (secondary N) is 2. The normalized spacial score (nSPS) is 22.1. The van der Waals surface area contributed by atoms with E-state index in [-0.39, 0.29) is 17.9 Å². The summed E-state index contributed by atoms with van der Waals surface area (Å²) < 4.78 is 7.19.